The monoisotopic (exact) mass is 256 g/mol. The van der Waals surface area contributed by atoms with Crippen molar-refractivity contribution >= 4 is 15.7 Å². The summed E-state index contributed by atoms with van der Waals surface area (Å²) in [5.74, 6) is 0. The average molecular weight is 256 g/mol. The van der Waals surface area contributed by atoms with Crippen LogP contribution in [0.15, 0.2) is 17.0 Å². The van der Waals surface area contributed by atoms with Crippen molar-refractivity contribution in [3.63, 3.8) is 0 Å². The van der Waals surface area contributed by atoms with E-state index < -0.39 is 10.0 Å². The van der Waals surface area contributed by atoms with Crippen LogP contribution in [0.1, 0.15) is 17.5 Å². The fourth-order valence-corrected chi connectivity index (χ4v) is 3.49. The number of nitrogens with zero attached hydrogens (tertiary/aromatic N) is 1. The Morgan fingerprint density at radius 2 is 2.06 bits per heavy atom. The molecule has 17 heavy (non-hydrogen) atoms. The van der Waals surface area contributed by atoms with Gasteiger partial charge in [-0.05, 0) is 43.5 Å². The van der Waals surface area contributed by atoms with Crippen LogP contribution >= 0.6 is 0 Å². The summed E-state index contributed by atoms with van der Waals surface area (Å²) in [6.45, 7) is 4.37. The second-order valence-electron chi connectivity index (χ2n) is 4.20. The van der Waals surface area contributed by atoms with Gasteiger partial charge in [-0.2, -0.15) is 0 Å². The molecule has 0 spiro atoms. The molecule has 2 N–H and O–H groups in total. The summed E-state index contributed by atoms with van der Waals surface area (Å²) in [7, 11) is -3.58. The third kappa shape index (κ3) is 2.15. The van der Waals surface area contributed by atoms with E-state index in [2.05, 4.69) is 0 Å². The smallest absolute Gasteiger partial charge is 0.265 e. The van der Waals surface area contributed by atoms with Gasteiger partial charge in [0, 0.05) is 12.2 Å². The Balaban J connectivity index is 2.52. The molecule has 1 aromatic carbocycles. The number of benzene rings is 1. The molecule has 5 nitrogen and oxygen atoms in total. The van der Waals surface area contributed by atoms with Gasteiger partial charge in [-0.1, -0.05) is 4.47 Å². The molecular formula is C11H16N2O3S. The van der Waals surface area contributed by atoms with Gasteiger partial charge in [-0.3, -0.25) is 4.84 Å². The summed E-state index contributed by atoms with van der Waals surface area (Å²) >= 11 is 0. The normalized spacial score (nSPS) is 17.5. The lowest BCUT2D eigenvalue weighted by Gasteiger charge is -2.17. The molecule has 0 atom stereocenters. The van der Waals surface area contributed by atoms with Crippen LogP contribution in [0.2, 0.25) is 0 Å². The average Bonchev–Trinajstić information content (AvgIpc) is 2.76. The number of nitrogen functional groups attached to an aromatic ring is 1. The van der Waals surface area contributed by atoms with Crippen LogP contribution in [0, 0.1) is 13.8 Å². The quantitative estimate of drug-likeness (QED) is 0.807. The second-order valence-corrected chi connectivity index (χ2v) is 5.99. The molecular weight excluding hydrogens is 240 g/mol. The third-order valence-electron chi connectivity index (χ3n) is 2.81. The summed E-state index contributed by atoms with van der Waals surface area (Å²) in [6, 6.07) is 3.39. The largest absolute Gasteiger partial charge is 0.398 e. The Morgan fingerprint density at radius 3 is 2.65 bits per heavy atom. The van der Waals surface area contributed by atoms with Crippen molar-refractivity contribution in [1.29, 1.82) is 0 Å². The third-order valence-corrected chi connectivity index (χ3v) is 4.61. The zero-order chi connectivity index (χ0) is 12.6. The Hall–Kier alpha value is -1.11. The SMILES string of the molecule is Cc1cc(N)c(C)c(S(=O)(=O)N2CCCO2)c1. The van der Waals surface area contributed by atoms with Gasteiger partial charge in [-0.15, -0.1) is 0 Å². The van der Waals surface area contributed by atoms with Crippen molar-refractivity contribution in [3.05, 3.63) is 23.3 Å². The van der Waals surface area contributed by atoms with E-state index in [0.717, 1.165) is 16.5 Å². The van der Waals surface area contributed by atoms with E-state index in [0.29, 0.717) is 24.4 Å². The molecule has 0 unspecified atom stereocenters. The van der Waals surface area contributed by atoms with E-state index in [4.69, 9.17) is 10.6 Å². The molecule has 1 heterocycles. The summed E-state index contributed by atoms with van der Waals surface area (Å²) in [5, 5.41) is 0. The van der Waals surface area contributed by atoms with Gasteiger partial charge in [0.1, 0.15) is 0 Å². The number of sulfonamides is 1. The number of rotatable bonds is 2. The zero-order valence-corrected chi connectivity index (χ0v) is 10.8. The Bertz CT molecular complexity index is 534. The zero-order valence-electron chi connectivity index (χ0n) is 9.93. The van der Waals surface area contributed by atoms with Crippen molar-refractivity contribution in [2.45, 2.75) is 25.2 Å². The van der Waals surface area contributed by atoms with E-state index in [-0.39, 0.29) is 4.90 Å². The van der Waals surface area contributed by atoms with E-state index in [9.17, 15) is 8.42 Å². The number of aryl methyl sites for hydroxylation is 1. The maximum absolute atomic E-state index is 12.3. The highest BCUT2D eigenvalue weighted by Gasteiger charge is 2.30. The van der Waals surface area contributed by atoms with Gasteiger partial charge >= 0.3 is 0 Å². The lowest BCUT2D eigenvalue weighted by Crippen LogP contribution is -2.27. The minimum atomic E-state index is -3.58. The van der Waals surface area contributed by atoms with Crippen LogP contribution in [0.5, 0.6) is 0 Å². The highest BCUT2D eigenvalue weighted by molar-refractivity contribution is 7.89. The summed E-state index contributed by atoms with van der Waals surface area (Å²) < 4.78 is 25.7. The summed E-state index contributed by atoms with van der Waals surface area (Å²) in [6.07, 6.45) is 0.722. The van der Waals surface area contributed by atoms with Crippen molar-refractivity contribution in [2.75, 3.05) is 18.9 Å². The first-order chi connectivity index (χ1) is 7.93. The molecule has 94 valence electrons. The van der Waals surface area contributed by atoms with Gasteiger partial charge < -0.3 is 5.73 Å². The molecule has 1 fully saturated rings. The van der Waals surface area contributed by atoms with Crippen LogP contribution in [0.4, 0.5) is 5.69 Å². The van der Waals surface area contributed by atoms with Crippen LogP contribution in [-0.2, 0) is 14.9 Å². The number of hydrogen-bond donors (Lipinski definition) is 1. The predicted molar refractivity (Wildman–Crippen MR) is 64.8 cm³/mol. The van der Waals surface area contributed by atoms with Crippen LogP contribution in [-0.4, -0.2) is 26.0 Å². The van der Waals surface area contributed by atoms with E-state index in [1.54, 1.807) is 19.1 Å². The van der Waals surface area contributed by atoms with E-state index in [1.807, 2.05) is 6.92 Å². The Labute approximate surface area is 101 Å². The molecule has 2 rings (SSSR count). The van der Waals surface area contributed by atoms with Gasteiger partial charge in [0.15, 0.2) is 0 Å². The highest BCUT2D eigenvalue weighted by atomic mass is 32.2. The second kappa shape index (κ2) is 4.29. The predicted octanol–water partition coefficient (Wildman–Crippen LogP) is 1.21. The maximum Gasteiger partial charge on any atom is 0.265 e. The summed E-state index contributed by atoms with van der Waals surface area (Å²) in [5.41, 5.74) is 7.68. The topological polar surface area (TPSA) is 72.6 Å². The minimum absolute atomic E-state index is 0.233. The number of nitrogens with two attached hydrogens (primary N) is 1. The molecule has 0 radical (unpaired) electrons. The lowest BCUT2D eigenvalue weighted by molar-refractivity contribution is -0.0284. The van der Waals surface area contributed by atoms with Crippen molar-refractivity contribution in [3.8, 4) is 0 Å². The summed E-state index contributed by atoms with van der Waals surface area (Å²) in [4.78, 5) is 5.34. The van der Waals surface area contributed by atoms with Gasteiger partial charge in [0.2, 0.25) is 0 Å². The van der Waals surface area contributed by atoms with Crippen molar-refractivity contribution < 1.29 is 13.3 Å². The first-order valence-electron chi connectivity index (χ1n) is 5.45. The van der Waals surface area contributed by atoms with Crippen molar-refractivity contribution in [2.24, 2.45) is 0 Å². The van der Waals surface area contributed by atoms with Gasteiger partial charge in [0.25, 0.3) is 10.0 Å². The Morgan fingerprint density at radius 1 is 1.35 bits per heavy atom. The molecule has 0 saturated carbocycles. The van der Waals surface area contributed by atoms with Crippen LogP contribution in [0.25, 0.3) is 0 Å². The van der Waals surface area contributed by atoms with E-state index >= 15 is 0 Å². The molecule has 0 aromatic heterocycles. The van der Waals surface area contributed by atoms with Crippen LogP contribution in [0.3, 0.4) is 0 Å². The minimum Gasteiger partial charge on any atom is -0.398 e. The molecule has 0 amide bonds. The van der Waals surface area contributed by atoms with Crippen molar-refractivity contribution in [1.82, 2.24) is 4.47 Å². The fourth-order valence-electron chi connectivity index (χ4n) is 1.84. The Kier molecular flexibility index (Phi) is 3.11. The fraction of sp³-hybridized carbons (Fsp3) is 0.455. The first kappa shape index (κ1) is 12.3. The molecule has 1 aliphatic heterocycles. The number of hydroxylamine groups is 1. The van der Waals surface area contributed by atoms with E-state index in [1.165, 1.54) is 0 Å². The standard InChI is InChI=1S/C11H16N2O3S/c1-8-6-10(12)9(2)11(7-8)17(14,15)13-4-3-5-16-13/h6-7H,3-5,12H2,1-2H3. The molecule has 1 saturated heterocycles. The molecule has 0 bridgehead atoms. The number of hydrogen-bond acceptors (Lipinski definition) is 4. The first-order valence-corrected chi connectivity index (χ1v) is 6.89. The van der Waals surface area contributed by atoms with Gasteiger partial charge in [-0.25, -0.2) is 8.42 Å². The number of anilines is 1. The lowest BCUT2D eigenvalue weighted by atomic mass is 10.1. The van der Waals surface area contributed by atoms with Gasteiger partial charge in [0.05, 0.1) is 11.5 Å². The molecule has 1 aromatic rings. The van der Waals surface area contributed by atoms with Crippen LogP contribution < -0.4 is 5.73 Å². The molecule has 0 aliphatic carbocycles. The highest BCUT2D eigenvalue weighted by Crippen LogP contribution is 2.27. The maximum atomic E-state index is 12.3. The molecule has 1 aliphatic rings. The molecule has 6 heteroatoms.